The van der Waals surface area contributed by atoms with E-state index < -0.39 is 10.0 Å². The van der Waals surface area contributed by atoms with E-state index in [1.165, 1.54) is 4.31 Å². The number of sulfonamides is 1. The molecule has 9 heteroatoms. The zero-order valence-corrected chi connectivity index (χ0v) is 19.4. The molecule has 0 aromatic heterocycles. The van der Waals surface area contributed by atoms with Crippen molar-refractivity contribution in [3.63, 3.8) is 0 Å². The number of rotatable bonds is 8. The highest BCUT2D eigenvalue weighted by molar-refractivity contribution is 7.92. The predicted molar refractivity (Wildman–Crippen MR) is 128 cm³/mol. The van der Waals surface area contributed by atoms with E-state index in [0.29, 0.717) is 22.8 Å². The zero-order valence-electron chi connectivity index (χ0n) is 18.5. The monoisotopic (exact) mass is 457 g/mol. The summed E-state index contributed by atoms with van der Waals surface area (Å²) in [4.78, 5) is 2.04. The predicted octanol–water partition coefficient (Wildman–Crippen LogP) is 3.17. The van der Waals surface area contributed by atoms with Crippen LogP contribution in [0.25, 0.3) is 0 Å². The fraction of sp³-hybridized carbons (Fsp3) is 0.391. The standard InChI is InChI=1S/C23H31N5O3S/c1-3-32(29,30)28(16-18-5-4-6-19(15-18)23(25)26)20-7-9-21(10-8-20)31-22-11-13-27(14-12-22)17(2)24/h4-10,15,22,24H,3,11-14,16H2,1-2H3,(H3,25,26). The van der Waals surface area contributed by atoms with Crippen molar-refractivity contribution in [3.05, 3.63) is 59.7 Å². The van der Waals surface area contributed by atoms with E-state index in [1.807, 2.05) is 11.0 Å². The van der Waals surface area contributed by atoms with Crippen LogP contribution in [0.3, 0.4) is 0 Å². The molecule has 1 heterocycles. The van der Waals surface area contributed by atoms with Crippen LogP contribution in [0.15, 0.2) is 48.5 Å². The van der Waals surface area contributed by atoms with Crippen LogP contribution in [0.5, 0.6) is 5.75 Å². The molecular formula is C23H31N5O3S. The molecule has 0 amide bonds. The highest BCUT2D eigenvalue weighted by atomic mass is 32.2. The Morgan fingerprint density at radius 3 is 2.38 bits per heavy atom. The molecule has 172 valence electrons. The van der Waals surface area contributed by atoms with Crippen LogP contribution >= 0.6 is 0 Å². The van der Waals surface area contributed by atoms with Gasteiger partial charge in [0, 0.05) is 31.5 Å². The molecule has 32 heavy (non-hydrogen) atoms. The summed E-state index contributed by atoms with van der Waals surface area (Å²) in [5.41, 5.74) is 7.45. The van der Waals surface area contributed by atoms with Crippen LogP contribution in [0.2, 0.25) is 0 Å². The van der Waals surface area contributed by atoms with Crippen LogP contribution in [0.4, 0.5) is 5.69 Å². The minimum atomic E-state index is -3.52. The summed E-state index contributed by atoms with van der Waals surface area (Å²) in [6.45, 7) is 5.18. The van der Waals surface area contributed by atoms with E-state index in [9.17, 15) is 8.42 Å². The summed E-state index contributed by atoms with van der Waals surface area (Å²) in [6.07, 6.45) is 1.78. The molecule has 1 fully saturated rings. The normalized spacial score (nSPS) is 14.8. The molecule has 0 aliphatic carbocycles. The number of anilines is 1. The van der Waals surface area contributed by atoms with Crippen LogP contribution in [-0.2, 0) is 16.6 Å². The van der Waals surface area contributed by atoms with Crippen molar-refractivity contribution < 1.29 is 13.2 Å². The lowest BCUT2D eigenvalue weighted by atomic mass is 10.1. The number of nitrogens with zero attached hydrogens (tertiary/aromatic N) is 2. The lowest BCUT2D eigenvalue weighted by Crippen LogP contribution is -2.40. The van der Waals surface area contributed by atoms with Crippen molar-refractivity contribution in [2.75, 3.05) is 23.1 Å². The van der Waals surface area contributed by atoms with Gasteiger partial charge in [0.05, 0.1) is 23.8 Å². The fourth-order valence-corrected chi connectivity index (χ4v) is 4.80. The molecule has 2 aromatic rings. The average Bonchev–Trinajstić information content (AvgIpc) is 2.78. The summed E-state index contributed by atoms with van der Waals surface area (Å²) in [6, 6.07) is 14.2. The van der Waals surface area contributed by atoms with Gasteiger partial charge in [0.2, 0.25) is 10.0 Å². The Bertz CT molecular complexity index is 1060. The number of likely N-dealkylation sites (tertiary alicyclic amines) is 1. The van der Waals surface area contributed by atoms with Crippen LogP contribution in [0.1, 0.15) is 37.8 Å². The van der Waals surface area contributed by atoms with Gasteiger partial charge in [0.15, 0.2) is 0 Å². The summed E-state index contributed by atoms with van der Waals surface area (Å²) in [5, 5.41) is 15.4. The summed E-state index contributed by atoms with van der Waals surface area (Å²) in [5.74, 6) is 1.20. The van der Waals surface area contributed by atoms with Gasteiger partial charge in [-0.05, 0) is 49.7 Å². The molecule has 8 nitrogen and oxygen atoms in total. The largest absolute Gasteiger partial charge is 0.490 e. The van der Waals surface area contributed by atoms with E-state index in [4.69, 9.17) is 21.3 Å². The first-order chi connectivity index (χ1) is 15.2. The molecule has 3 rings (SSSR count). The summed E-state index contributed by atoms with van der Waals surface area (Å²) >= 11 is 0. The summed E-state index contributed by atoms with van der Waals surface area (Å²) in [7, 11) is -3.52. The Morgan fingerprint density at radius 1 is 1.16 bits per heavy atom. The first kappa shape index (κ1) is 23.6. The number of piperidine rings is 1. The maximum Gasteiger partial charge on any atom is 0.235 e. The Labute approximate surface area is 190 Å². The lowest BCUT2D eigenvalue weighted by Gasteiger charge is -2.33. The Hall–Kier alpha value is -3.07. The van der Waals surface area contributed by atoms with Gasteiger partial charge in [-0.2, -0.15) is 0 Å². The van der Waals surface area contributed by atoms with Gasteiger partial charge >= 0.3 is 0 Å². The van der Waals surface area contributed by atoms with Crippen molar-refractivity contribution >= 4 is 27.4 Å². The molecule has 0 atom stereocenters. The topological polar surface area (TPSA) is 124 Å². The molecule has 0 radical (unpaired) electrons. The smallest absolute Gasteiger partial charge is 0.235 e. The lowest BCUT2D eigenvalue weighted by molar-refractivity contribution is 0.130. The molecule has 4 N–H and O–H groups in total. The number of nitrogen functional groups attached to an aromatic ring is 1. The SMILES string of the molecule is CCS(=O)(=O)N(Cc1cccc(C(=N)N)c1)c1ccc(OC2CCN(C(C)=N)CC2)cc1. The molecule has 1 aliphatic rings. The number of hydrogen-bond donors (Lipinski definition) is 3. The molecule has 0 unspecified atom stereocenters. The van der Waals surface area contributed by atoms with Crippen molar-refractivity contribution in [2.45, 2.75) is 39.3 Å². The van der Waals surface area contributed by atoms with Gasteiger partial charge in [0.25, 0.3) is 0 Å². The fourth-order valence-electron chi connectivity index (χ4n) is 3.70. The second kappa shape index (κ2) is 10.0. The summed E-state index contributed by atoms with van der Waals surface area (Å²) < 4.78 is 33.1. The highest BCUT2D eigenvalue weighted by Crippen LogP contribution is 2.26. The first-order valence-electron chi connectivity index (χ1n) is 10.7. The van der Waals surface area contributed by atoms with E-state index in [-0.39, 0.29) is 24.2 Å². The number of nitrogens with two attached hydrogens (primary N) is 1. The second-order valence-corrected chi connectivity index (χ2v) is 10.1. The number of ether oxygens (including phenoxy) is 1. The van der Waals surface area contributed by atoms with Crippen LogP contribution < -0.4 is 14.8 Å². The average molecular weight is 458 g/mol. The van der Waals surface area contributed by atoms with E-state index in [1.54, 1.807) is 56.3 Å². The maximum absolute atomic E-state index is 12.8. The minimum Gasteiger partial charge on any atom is -0.490 e. The van der Waals surface area contributed by atoms with Crippen molar-refractivity contribution in [1.29, 1.82) is 10.8 Å². The second-order valence-electron chi connectivity index (χ2n) is 7.90. The third-order valence-electron chi connectivity index (χ3n) is 5.61. The molecule has 0 bridgehead atoms. The molecule has 1 aliphatic heterocycles. The highest BCUT2D eigenvalue weighted by Gasteiger charge is 2.23. The first-order valence-corrected chi connectivity index (χ1v) is 12.3. The molecule has 2 aromatic carbocycles. The van der Waals surface area contributed by atoms with Crippen LogP contribution in [0, 0.1) is 10.8 Å². The maximum atomic E-state index is 12.8. The van der Waals surface area contributed by atoms with Gasteiger partial charge in [-0.3, -0.25) is 15.1 Å². The van der Waals surface area contributed by atoms with E-state index >= 15 is 0 Å². The number of benzene rings is 2. The van der Waals surface area contributed by atoms with Crippen molar-refractivity contribution in [3.8, 4) is 5.75 Å². The third-order valence-corrected chi connectivity index (χ3v) is 7.35. The van der Waals surface area contributed by atoms with Gasteiger partial charge in [-0.1, -0.05) is 18.2 Å². The van der Waals surface area contributed by atoms with Gasteiger partial charge in [-0.15, -0.1) is 0 Å². The Kier molecular flexibility index (Phi) is 7.40. The zero-order chi connectivity index (χ0) is 23.3. The van der Waals surface area contributed by atoms with Gasteiger partial charge in [0.1, 0.15) is 17.7 Å². The Morgan fingerprint density at radius 2 is 1.81 bits per heavy atom. The number of amidine groups is 2. The molecular weight excluding hydrogens is 426 g/mol. The van der Waals surface area contributed by atoms with E-state index in [0.717, 1.165) is 31.5 Å². The van der Waals surface area contributed by atoms with Crippen molar-refractivity contribution in [1.82, 2.24) is 4.90 Å². The van der Waals surface area contributed by atoms with Gasteiger partial charge in [-0.25, -0.2) is 8.42 Å². The minimum absolute atomic E-state index is 0.0251. The Balaban J connectivity index is 1.74. The molecule has 0 saturated carbocycles. The molecule has 0 spiro atoms. The number of nitrogens with one attached hydrogen (secondary N) is 2. The van der Waals surface area contributed by atoms with E-state index in [2.05, 4.69) is 0 Å². The molecule has 1 saturated heterocycles. The van der Waals surface area contributed by atoms with Gasteiger partial charge < -0.3 is 15.4 Å². The third kappa shape index (κ3) is 5.79. The van der Waals surface area contributed by atoms with Crippen LogP contribution in [-0.4, -0.2) is 49.9 Å². The quantitative estimate of drug-likeness (QED) is 0.415. The van der Waals surface area contributed by atoms with Crippen molar-refractivity contribution in [2.24, 2.45) is 5.73 Å². The number of hydrogen-bond acceptors (Lipinski definition) is 5.